The Morgan fingerprint density at radius 1 is 1.25 bits per heavy atom. The molecule has 1 aromatic rings. The van der Waals surface area contributed by atoms with Gasteiger partial charge in [-0.15, -0.1) is 5.43 Å². The Bertz CT molecular complexity index is 359. The molecule has 16 heavy (non-hydrogen) atoms. The van der Waals surface area contributed by atoms with Crippen LogP contribution in [0.3, 0.4) is 0 Å². The minimum atomic E-state index is 0. The van der Waals surface area contributed by atoms with E-state index in [1.54, 1.807) is 11.8 Å². The summed E-state index contributed by atoms with van der Waals surface area (Å²) in [6, 6.07) is 10.0. The molecule has 0 fully saturated rings. The topological polar surface area (TPSA) is 38.4 Å². The lowest BCUT2D eigenvalue weighted by molar-refractivity contribution is -0.352. The monoisotopic (exact) mass is 349 g/mol. The summed E-state index contributed by atoms with van der Waals surface area (Å²) in [6.07, 6.45) is 2.00. The molecule has 0 bridgehead atoms. The van der Waals surface area contributed by atoms with Crippen LogP contribution in [0.2, 0.25) is 0 Å². The number of para-hydroxylation sites is 1. The predicted octanol–water partition coefficient (Wildman–Crippen LogP) is -1.89. The smallest absolute Gasteiger partial charge is 0.334 e. The van der Waals surface area contributed by atoms with Crippen LogP contribution in [0.25, 0.3) is 0 Å². The molecule has 5 heteroatoms. The number of nitrogens with zero attached hydrogens (tertiary/aromatic N) is 1. The molecule has 0 aliphatic carbocycles. The number of thioether (sulfide) groups is 1. The van der Waals surface area contributed by atoms with Crippen molar-refractivity contribution < 1.29 is 29.0 Å². The van der Waals surface area contributed by atoms with Crippen LogP contribution in [0.5, 0.6) is 0 Å². The average Bonchev–Trinajstić information content (AvgIpc) is 2.25. The molecule has 3 nitrogen and oxygen atoms in total. The molecule has 0 atom stereocenters. The quantitative estimate of drug-likeness (QED) is 0.284. The van der Waals surface area contributed by atoms with Gasteiger partial charge >= 0.3 is 5.17 Å². The summed E-state index contributed by atoms with van der Waals surface area (Å²) in [5.74, 6) is 0. The van der Waals surface area contributed by atoms with Crippen LogP contribution >= 0.6 is 11.8 Å². The first-order chi connectivity index (χ1) is 7.22. The molecule has 0 aliphatic rings. The molecule has 0 unspecified atom stereocenters. The standard InChI is InChI=1S/C11H15N3S.HI/c1-9(2)13-14-11(15-3)12-10-7-5-4-6-8-10;/h4-8H,1-3H3,(H,12,14);1H. The molecular formula is C11H16IN3S. The van der Waals surface area contributed by atoms with E-state index in [-0.39, 0.29) is 24.0 Å². The van der Waals surface area contributed by atoms with E-state index < -0.39 is 0 Å². The van der Waals surface area contributed by atoms with Gasteiger partial charge in [-0.1, -0.05) is 23.3 Å². The Labute approximate surface area is 118 Å². The van der Waals surface area contributed by atoms with E-state index in [1.165, 1.54) is 0 Å². The lowest BCUT2D eigenvalue weighted by Gasteiger charge is -1.95. The number of hydrogen-bond acceptors (Lipinski definition) is 2. The molecule has 0 saturated heterocycles. The predicted molar refractivity (Wildman–Crippen MR) is 67.5 cm³/mol. The van der Waals surface area contributed by atoms with Crippen molar-refractivity contribution in [3.05, 3.63) is 30.3 Å². The zero-order valence-corrected chi connectivity index (χ0v) is 12.6. The summed E-state index contributed by atoms with van der Waals surface area (Å²) in [4.78, 5) is 3.25. The second kappa shape index (κ2) is 8.58. The normalized spacial score (nSPS) is 10.3. The van der Waals surface area contributed by atoms with Crippen LogP contribution in [0.4, 0.5) is 5.69 Å². The molecule has 1 rings (SSSR count). The van der Waals surface area contributed by atoms with E-state index in [2.05, 4.69) is 15.5 Å². The first-order valence-corrected chi connectivity index (χ1v) is 5.95. The van der Waals surface area contributed by atoms with E-state index in [1.807, 2.05) is 50.4 Å². The summed E-state index contributed by atoms with van der Waals surface area (Å²) in [5.41, 5.74) is 5.02. The fourth-order valence-electron chi connectivity index (χ4n) is 0.940. The highest BCUT2D eigenvalue weighted by atomic mass is 127. The molecule has 0 aromatic heterocycles. The van der Waals surface area contributed by atoms with Crippen LogP contribution in [-0.2, 0) is 0 Å². The number of hydrogen-bond donors (Lipinski definition) is 2. The zero-order valence-electron chi connectivity index (χ0n) is 9.62. The van der Waals surface area contributed by atoms with Crippen LogP contribution in [0, 0.1) is 0 Å². The number of amidine groups is 1. The van der Waals surface area contributed by atoms with Crippen LogP contribution in [0.1, 0.15) is 13.8 Å². The van der Waals surface area contributed by atoms with Gasteiger partial charge in [0.2, 0.25) is 0 Å². The van der Waals surface area contributed by atoms with Crippen molar-refractivity contribution in [2.45, 2.75) is 13.8 Å². The number of rotatable bonds is 2. The fraction of sp³-hybridized carbons (Fsp3) is 0.273. The van der Waals surface area contributed by atoms with E-state index >= 15 is 0 Å². The molecule has 0 spiro atoms. The van der Waals surface area contributed by atoms with Gasteiger partial charge in [0.05, 0.1) is 5.71 Å². The molecule has 2 N–H and O–H groups in total. The number of benzene rings is 1. The van der Waals surface area contributed by atoms with Gasteiger partial charge in [-0.05, 0) is 44.0 Å². The Hall–Kier alpha value is -0.560. The highest BCUT2D eigenvalue weighted by Crippen LogP contribution is 1.96. The molecule has 0 aliphatic heterocycles. The van der Waals surface area contributed by atoms with Crippen molar-refractivity contribution in [1.82, 2.24) is 5.43 Å². The fourth-order valence-corrected chi connectivity index (χ4v) is 1.30. The number of hydrazone groups is 1. The number of halogens is 1. The van der Waals surface area contributed by atoms with Crippen LogP contribution in [0.15, 0.2) is 35.4 Å². The van der Waals surface area contributed by atoms with Crippen molar-refractivity contribution in [3.8, 4) is 0 Å². The van der Waals surface area contributed by atoms with Crippen molar-refractivity contribution in [1.29, 1.82) is 0 Å². The third-order valence-electron chi connectivity index (χ3n) is 1.62. The van der Waals surface area contributed by atoms with Gasteiger partial charge in [-0.25, -0.2) is 4.99 Å². The largest absolute Gasteiger partial charge is 1.00 e. The van der Waals surface area contributed by atoms with E-state index in [4.69, 9.17) is 0 Å². The molecule has 1 aromatic carbocycles. The maximum Gasteiger partial charge on any atom is 0.334 e. The van der Waals surface area contributed by atoms with E-state index in [9.17, 15) is 0 Å². The molecule has 0 radical (unpaired) electrons. The highest BCUT2D eigenvalue weighted by molar-refractivity contribution is 8.12. The Balaban J connectivity index is 0.00000225. The summed E-state index contributed by atoms with van der Waals surface area (Å²) >= 11 is 1.59. The third-order valence-corrected chi connectivity index (χ3v) is 2.22. The molecule has 88 valence electrons. The third kappa shape index (κ3) is 6.12. The maximum atomic E-state index is 4.14. The number of nitrogens with one attached hydrogen (secondary N) is 2. The van der Waals surface area contributed by atoms with E-state index in [0.29, 0.717) is 0 Å². The van der Waals surface area contributed by atoms with Crippen molar-refractivity contribution >= 4 is 28.3 Å². The Morgan fingerprint density at radius 2 is 1.88 bits per heavy atom. The summed E-state index contributed by atoms with van der Waals surface area (Å²) in [5, 5.41) is 5.06. The van der Waals surface area contributed by atoms with Gasteiger partial charge in [0.25, 0.3) is 0 Å². The lowest BCUT2D eigenvalue weighted by atomic mass is 10.3. The minimum Gasteiger partial charge on any atom is -1.00 e. The average molecular weight is 349 g/mol. The SMILES string of the molecule is CSC(NN=C(C)C)=[NH+]c1ccccc1.[I-]. The van der Waals surface area contributed by atoms with E-state index in [0.717, 1.165) is 16.6 Å². The Kier molecular flexibility index (Phi) is 8.28. The second-order valence-corrected chi connectivity index (χ2v) is 4.01. The van der Waals surface area contributed by atoms with Gasteiger partial charge in [0.15, 0.2) is 0 Å². The first-order valence-electron chi connectivity index (χ1n) is 4.72. The van der Waals surface area contributed by atoms with Gasteiger partial charge in [0.1, 0.15) is 5.69 Å². The first kappa shape index (κ1) is 15.4. The zero-order chi connectivity index (χ0) is 11.1. The lowest BCUT2D eigenvalue weighted by Crippen LogP contribution is -3.00. The summed E-state index contributed by atoms with van der Waals surface area (Å²) < 4.78 is 0. The molecule has 0 amide bonds. The van der Waals surface area contributed by atoms with Crippen LogP contribution < -0.4 is 34.4 Å². The maximum absolute atomic E-state index is 4.14. The van der Waals surface area contributed by atoms with Crippen molar-refractivity contribution in [2.75, 3.05) is 6.26 Å². The van der Waals surface area contributed by atoms with Gasteiger partial charge in [-0.2, -0.15) is 0 Å². The molecule has 0 saturated carbocycles. The Morgan fingerprint density at radius 3 is 2.38 bits per heavy atom. The molecular weight excluding hydrogens is 333 g/mol. The second-order valence-electron chi connectivity index (χ2n) is 3.20. The van der Waals surface area contributed by atoms with Crippen LogP contribution in [-0.4, -0.2) is 17.1 Å². The highest BCUT2D eigenvalue weighted by Gasteiger charge is 2.02. The summed E-state index contributed by atoms with van der Waals surface area (Å²) in [7, 11) is 0. The van der Waals surface area contributed by atoms with Crippen molar-refractivity contribution in [2.24, 2.45) is 5.10 Å². The molecule has 0 heterocycles. The minimum absolute atomic E-state index is 0. The van der Waals surface area contributed by atoms with Gasteiger partial charge in [-0.3, -0.25) is 0 Å². The van der Waals surface area contributed by atoms with Gasteiger partial charge < -0.3 is 24.0 Å². The van der Waals surface area contributed by atoms with Crippen molar-refractivity contribution in [3.63, 3.8) is 0 Å². The van der Waals surface area contributed by atoms with Gasteiger partial charge in [0, 0.05) is 0 Å². The summed E-state index contributed by atoms with van der Waals surface area (Å²) in [6.45, 7) is 3.90.